The van der Waals surface area contributed by atoms with Crippen molar-refractivity contribution in [2.45, 2.75) is 6.04 Å². The molecule has 0 unspecified atom stereocenters. The molecule has 0 saturated heterocycles. The Kier molecular flexibility index (Phi) is 5.86. The Bertz CT molecular complexity index is 56.2. The molecule has 0 amide bonds. The van der Waals surface area contributed by atoms with Gasteiger partial charge in [-0.05, 0) is 7.05 Å². The van der Waals surface area contributed by atoms with Crippen LogP contribution in [0.2, 0.25) is 0 Å². The van der Waals surface area contributed by atoms with Gasteiger partial charge >= 0.3 is 0 Å². The van der Waals surface area contributed by atoms with E-state index in [0.717, 1.165) is 0 Å². The Hall–Kier alpha value is -0.160. The number of hydrogen-bond donors (Lipinski definition) is 2. The van der Waals surface area contributed by atoms with E-state index in [2.05, 4.69) is 15.1 Å². The predicted octanol–water partition coefficient (Wildman–Crippen LogP) is -0.855. The molecule has 0 aliphatic carbocycles. The van der Waals surface area contributed by atoms with E-state index in [4.69, 9.17) is 5.11 Å². The summed E-state index contributed by atoms with van der Waals surface area (Å²) in [6, 6.07) is -0.0371. The first-order chi connectivity index (χ1) is 4.35. The van der Waals surface area contributed by atoms with Gasteiger partial charge in [0.1, 0.15) is 0 Å². The number of aliphatic hydroxyl groups excluding tert-OH is 1. The molecule has 0 rings (SSSR count). The maximum Gasteiger partial charge on any atom is 0.0997 e. The summed E-state index contributed by atoms with van der Waals surface area (Å²) in [4.78, 5) is 8.88. The Labute approximate surface area is 54.7 Å². The minimum atomic E-state index is -0.0371. The van der Waals surface area contributed by atoms with Crippen LogP contribution in [0.25, 0.3) is 0 Å². The van der Waals surface area contributed by atoms with Gasteiger partial charge in [-0.2, -0.15) is 0 Å². The highest BCUT2D eigenvalue weighted by atomic mass is 17.2. The Balaban J connectivity index is 3.09. The largest absolute Gasteiger partial charge is 0.395 e. The molecule has 9 heavy (non-hydrogen) atoms. The second kappa shape index (κ2) is 5.97. The van der Waals surface area contributed by atoms with Gasteiger partial charge in [-0.15, -0.1) is 0 Å². The molecule has 2 N–H and O–H groups in total. The molecule has 4 heteroatoms. The maximum absolute atomic E-state index is 8.55. The summed E-state index contributed by atoms with van der Waals surface area (Å²) in [5, 5.41) is 11.4. The van der Waals surface area contributed by atoms with Gasteiger partial charge in [-0.25, -0.2) is 9.78 Å². The van der Waals surface area contributed by atoms with Crippen molar-refractivity contribution in [1.82, 2.24) is 5.32 Å². The predicted molar refractivity (Wildman–Crippen MR) is 32.9 cm³/mol. The van der Waals surface area contributed by atoms with Crippen molar-refractivity contribution >= 4 is 0 Å². The molecule has 0 radical (unpaired) electrons. The smallest absolute Gasteiger partial charge is 0.0997 e. The van der Waals surface area contributed by atoms with E-state index >= 15 is 0 Å². The lowest BCUT2D eigenvalue weighted by Crippen LogP contribution is -2.33. The van der Waals surface area contributed by atoms with Crippen LogP contribution in [0, 0.1) is 0 Å². The van der Waals surface area contributed by atoms with Crippen LogP contribution in [-0.4, -0.2) is 38.5 Å². The van der Waals surface area contributed by atoms with Crippen LogP contribution in [-0.2, 0) is 9.78 Å². The van der Waals surface area contributed by atoms with Gasteiger partial charge in [-0.3, -0.25) is 0 Å². The van der Waals surface area contributed by atoms with Crippen LogP contribution in [0.3, 0.4) is 0 Å². The second-order valence-corrected chi connectivity index (χ2v) is 1.62. The van der Waals surface area contributed by atoms with Crippen molar-refractivity contribution in [2.24, 2.45) is 0 Å². The molecule has 4 nitrogen and oxygen atoms in total. The molecule has 0 spiro atoms. The van der Waals surface area contributed by atoms with Gasteiger partial charge in [-0.1, -0.05) is 0 Å². The normalized spacial score (nSPS) is 13.7. The Morgan fingerprint density at radius 1 is 1.67 bits per heavy atom. The van der Waals surface area contributed by atoms with Crippen LogP contribution >= 0.6 is 0 Å². The molecule has 0 heterocycles. The van der Waals surface area contributed by atoms with Gasteiger partial charge in [0, 0.05) is 0 Å². The van der Waals surface area contributed by atoms with Gasteiger partial charge in [0.15, 0.2) is 0 Å². The highest BCUT2D eigenvalue weighted by molar-refractivity contribution is 4.58. The summed E-state index contributed by atoms with van der Waals surface area (Å²) in [6.07, 6.45) is 0. The number of rotatable bonds is 5. The molecule has 0 aliphatic rings. The standard InChI is InChI=1S/C5H13NO3/c1-6-5(3-7)4-9-8-2/h5-7H,3-4H2,1-2H3/t5-/m0/s1. The zero-order chi connectivity index (χ0) is 7.11. The highest BCUT2D eigenvalue weighted by Gasteiger charge is 2.02. The summed E-state index contributed by atoms with van der Waals surface area (Å²) in [7, 11) is 3.18. The average Bonchev–Trinajstić information content (AvgIpc) is 1.91. The van der Waals surface area contributed by atoms with Gasteiger partial charge < -0.3 is 10.4 Å². The molecule has 0 aromatic heterocycles. The summed E-state index contributed by atoms with van der Waals surface area (Å²) < 4.78 is 0. The molecule has 1 atom stereocenters. The fourth-order valence-corrected chi connectivity index (χ4v) is 0.377. The van der Waals surface area contributed by atoms with E-state index in [1.54, 1.807) is 7.05 Å². The first-order valence-electron chi connectivity index (χ1n) is 2.78. The van der Waals surface area contributed by atoms with Crippen LogP contribution in [0.1, 0.15) is 0 Å². The van der Waals surface area contributed by atoms with Crippen molar-refractivity contribution in [3.8, 4) is 0 Å². The lowest BCUT2D eigenvalue weighted by molar-refractivity contribution is -0.276. The molecule has 56 valence electrons. The maximum atomic E-state index is 8.55. The third-order valence-electron chi connectivity index (χ3n) is 1.02. The fourth-order valence-electron chi connectivity index (χ4n) is 0.377. The third-order valence-corrected chi connectivity index (χ3v) is 1.02. The van der Waals surface area contributed by atoms with Crippen LogP contribution < -0.4 is 5.32 Å². The lowest BCUT2D eigenvalue weighted by atomic mass is 10.3. The fraction of sp³-hybridized carbons (Fsp3) is 1.00. The van der Waals surface area contributed by atoms with E-state index in [0.29, 0.717) is 6.61 Å². The van der Waals surface area contributed by atoms with E-state index < -0.39 is 0 Å². The molecule has 0 aromatic carbocycles. The minimum absolute atomic E-state index is 0.0371. The first-order valence-corrected chi connectivity index (χ1v) is 2.78. The lowest BCUT2D eigenvalue weighted by Gasteiger charge is -2.10. The van der Waals surface area contributed by atoms with E-state index in [9.17, 15) is 0 Å². The number of aliphatic hydroxyl groups is 1. The van der Waals surface area contributed by atoms with Gasteiger partial charge in [0.25, 0.3) is 0 Å². The van der Waals surface area contributed by atoms with E-state index in [1.807, 2.05) is 0 Å². The van der Waals surface area contributed by atoms with Gasteiger partial charge in [0.05, 0.1) is 26.4 Å². The van der Waals surface area contributed by atoms with Crippen molar-refractivity contribution in [1.29, 1.82) is 0 Å². The number of nitrogens with one attached hydrogen (secondary N) is 1. The Morgan fingerprint density at radius 3 is 2.67 bits per heavy atom. The molecule has 0 aromatic rings. The quantitative estimate of drug-likeness (QED) is 0.380. The third kappa shape index (κ3) is 4.35. The molecule has 0 saturated carbocycles. The van der Waals surface area contributed by atoms with Crippen molar-refractivity contribution in [3.63, 3.8) is 0 Å². The van der Waals surface area contributed by atoms with E-state index in [-0.39, 0.29) is 12.6 Å². The van der Waals surface area contributed by atoms with Crippen molar-refractivity contribution < 1.29 is 14.9 Å². The first kappa shape index (κ1) is 8.84. The number of hydrogen-bond acceptors (Lipinski definition) is 4. The molecule has 0 aliphatic heterocycles. The summed E-state index contributed by atoms with van der Waals surface area (Å²) >= 11 is 0. The van der Waals surface area contributed by atoms with Crippen molar-refractivity contribution in [2.75, 3.05) is 27.4 Å². The number of likely N-dealkylation sites (N-methyl/N-ethyl adjacent to an activating group) is 1. The zero-order valence-electron chi connectivity index (χ0n) is 5.76. The Morgan fingerprint density at radius 2 is 2.33 bits per heavy atom. The summed E-state index contributed by atoms with van der Waals surface area (Å²) in [6.45, 7) is 0.420. The van der Waals surface area contributed by atoms with Crippen LogP contribution in [0.4, 0.5) is 0 Å². The monoisotopic (exact) mass is 135 g/mol. The van der Waals surface area contributed by atoms with Crippen LogP contribution in [0.15, 0.2) is 0 Å². The molecule has 0 bridgehead atoms. The van der Waals surface area contributed by atoms with Gasteiger partial charge in [0.2, 0.25) is 0 Å². The topological polar surface area (TPSA) is 50.7 Å². The summed E-state index contributed by atoms with van der Waals surface area (Å²) in [5.41, 5.74) is 0. The summed E-state index contributed by atoms with van der Waals surface area (Å²) in [5.74, 6) is 0. The molecule has 0 fully saturated rings. The van der Waals surface area contributed by atoms with Crippen LogP contribution in [0.5, 0.6) is 0 Å². The molecular formula is C5H13NO3. The second-order valence-electron chi connectivity index (χ2n) is 1.62. The van der Waals surface area contributed by atoms with Crippen molar-refractivity contribution in [3.05, 3.63) is 0 Å². The SMILES string of the molecule is CN[C@@H](CO)COOC. The minimum Gasteiger partial charge on any atom is -0.395 e. The zero-order valence-corrected chi connectivity index (χ0v) is 5.76. The molecular weight excluding hydrogens is 122 g/mol. The van der Waals surface area contributed by atoms with E-state index in [1.165, 1.54) is 7.11 Å². The highest BCUT2D eigenvalue weighted by Crippen LogP contribution is 1.81. The average molecular weight is 135 g/mol.